The van der Waals surface area contributed by atoms with E-state index in [1.807, 2.05) is 0 Å². The van der Waals surface area contributed by atoms with Gasteiger partial charge in [-0.05, 0) is 25.9 Å². The molecular formula is C11H19N5O3S. The van der Waals surface area contributed by atoms with E-state index >= 15 is 0 Å². The number of aromatic nitrogens is 2. The zero-order valence-electron chi connectivity index (χ0n) is 11.3. The monoisotopic (exact) mass is 301 g/mol. The molecule has 112 valence electrons. The van der Waals surface area contributed by atoms with Gasteiger partial charge in [-0.3, -0.25) is 9.48 Å². The van der Waals surface area contributed by atoms with Gasteiger partial charge in [0.15, 0.2) is 0 Å². The van der Waals surface area contributed by atoms with Crippen LogP contribution in [0.2, 0.25) is 0 Å². The minimum absolute atomic E-state index is 0.0831. The number of hydrogen-bond acceptors (Lipinski definition) is 5. The second kappa shape index (κ2) is 5.90. The van der Waals surface area contributed by atoms with Crippen molar-refractivity contribution in [3.63, 3.8) is 0 Å². The minimum Gasteiger partial charge on any atom is -0.369 e. The summed E-state index contributed by atoms with van der Waals surface area (Å²) in [5, 5.41) is 7.04. The maximum atomic E-state index is 12.6. The van der Waals surface area contributed by atoms with Gasteiger partial charge in [0.2, 0.25) is 15.9 Å². The number of rotatable bonds is 5. The van der Waals surface area contributed by atoms with E-state index in [0.29, 0.717) is 12.8 Å². The molecule has 0 aliphatic carbocycles. The standard InChI is InChI=1S/C11H19N5O3S/c1-15-7-10(6-14-15)20(18,19)16(8-11(12)17)9-2-4-13-5-3-9/h6-7,9,13H,2-5,8H2,1H3,(H2,12,17). The van der Waals surface area contributed by atoms with E-state index in [2.05, 4.69) is 10.4 Å². The van der Waals surface area contributed by atoms with Gasteiger partial charge in [0.25, 0.3) is 0 Å². The maximum Gasteiger partial charge on any atom is 0.246 e. The summed E-state index contributed by atoms with van der Waals surface area (Å²) >= 11 is 0. The number of piperidine rings is 1. The van der Waals surface area contributed by atoms with Gasteiger partial charge >= 0.3 is 0 Å². The van der Waals surface area contributed by atoms with E-state index in [4.69, 9.17) is 5.73 Å². The molecule has 9 heteroatoms. The van der Waals surface area contributed by atoms with Crippen LogP contribution in [0.15, 0.2) is 17.3 Å². The first kappa shape index (κ1) is 14.9. The summed E-state index contributed by atoms with van der Waals surface area (Å²) < 4.78 is 27.9. The van der Waals surface area contributed by atoms with Crippen molar-refractivity contribution in [1.82, 2.24) is 19.4 Å². The number of sulfonamides is 1. The second-order valence-corrected chi connectivity index (χ2v) is 6.74. The van der Waals surface area contributed by atoms with Crippen LogP contribution in [0.1, 0.15) is 12.8 Å². The van der Waals surface area contributed by atoms with E-state index in [9.17, 15) is 13.2 Å². The van der Waals surface area contributed by atoms with Gasteiger partial charge in [0.05, 0.1) is 12.7 Å². The Morgan fingerprint density at radius 2 is 2.20 bits per heavy atom. The number of carbonyl (C=O) groups is 1. The molecule has 0 atom stereocenters. The van der Waals surface area contributed by atoms with Crippen LogP contribution < -0.4 is 11.1 Å². The molecule has 0 radical (unpaired) electrons. The lowest BCUT2D eigenvalue weighted by molar-refractivity contribution is -0.118. The summed E-state index contributed by atoms with van der Waals surface area (Å²) in [6, 6.07) is -0.214. The predicted molar refractivity (Wildman–Crippen MR) is 72.2 cm³/mol. The normalized spacial score (nSPS) is 17.5. The van der Waals surface area contributed by atoms with E-state index < -0.39 is 15.9 Å². The van der Waals surface area contributed by atoms with Crippen LogP contribution in [-0.4, -0.2) is 54.1 Å². The molecule has 2 rings (SSSR count). The Kier molecular flexibility index (Phi) is 4.41. The lowest BCUT2D eigenvalue weighted by Gasteiger charge is -2.32. The van der Waals surface area contributed by atoms with Gasteiger partial charge in [-0.25, -0.2) is 8.42 Å². The molecule has 0 bridgehead atoms. The number of nitrogens with one attached hydrogen (secondary N) is 1. The fraction of sp³-hybridized carbons (Fsp3) is 0.636. The van der Waals surface area contributed by atoms with Crippen LogP contribution in [0.5, 0.6) is 0 Å². The Morgan fingerprint density at radius 3 is 2.70 bits per heavy atom. The molecule has 0 saturated carbocycles. The Labute approximate surface area is 118 Å². The number of hydrogen-bond donors (Lipinski definition) is 2. The van der Waals surface area contributed by atoms with Gasteiger partial charge in [0, 0.05) is 19.3 Å². The molecule has 8 nitrogen and oxygen atoms in total. The molecule has 1 aliphatic rings. The molecule has 2 heterocycles. The van der Waals surface area contributed by atoms with Crippen molar-refractivity contribution in [1.29, 1.82) is 0 Å². The minimum atomic E-state index is -3.75. The highest BCUT2D eigenvalue weighted by molar-refractivity contribution is 7.89. The molecule has 1 amide bonds. The van der Waals surface area contributed by atoms with Crippen molar-refractivity contribution < 1.29 is 13.2 Å². The summed E-state index contributed by atoms with van der Waals surface area (Å²) in [5.74, 6) is -0.656. The van der Waals surface area contributed by atoms with Crippen molar-refractivity contribution in [2.24, 2.45) is 12.8 Å². The van der Waals surface area contributed by atoms with Crippen LogP contribution >= 0.6 is 0 Å². The third-order valence-electron chi connectivity index (χ3n) is 3.32. The van der Waals surface area contributed by atoms with Crippen molar-refractivity contribution >= 4 is 15.9 Å². The van der Waals surface area contributed by atoms with Gasteiger partial charge < -0.3 is 11.1 Å². The van der Waals surface area contributed by atoms with E-state index in [-0.39, 0.29) is 17.5 Å². The molecule has 1 aromatic rings. The Balaban J connectivity index is 2.31. The van der Waals surface area contributed by atoms with Crippen LogP contribution in [0.4, 0.5) is 0 Å². The molecule has 20 heavy (non-hydrogen) atoms. The Bertz CT molecular complexity index is 577. The zero-order chi connectivity index (χ0) is 14.8. The molecule has 0 unspecified atom stereocenters. The van der Waals surface area contributed by atoms with Crippen LogP contribution in [0, 0.1) is 0 Å². The molecule has 1 saturated heterocycles. The SMILES string of the molecule is Cn1cc(S(=O)(=O)N(CC(N)=O)C2CCNCC2)cn1. The number of amides is 1. The zero-order valence-corrected chi connectivity index (χ0v) is 12.1. The number of nitrogens with two attached hydrogens (primary N) is 1. The molecule has 1 fully saturated rings. The van der Waals surface area contributed by atoms with Gasteiger partial charge in [-0.2, -0.15) is 9.40 Å². The number of primary amides is 1. The lowest BCUT2D eigenvalue weighted by atomic mass is 10.1. The molecule has 0 aromatic carbocycles. The number of nitrogens with zero attached hydrogens (tertiary/aromatic N) is 3. The molecular weight excluding hydrogens is 282 g/mol. The summed E-state index contributed by atoms with van der Waals surface area (Å²) in [6.45, 7) is 1.15. The summed E-state index contributed by atoms with van der Waals surface area (Å²) in [4.78, 5) is 11.3. The van der Waals surface area contributed by atoms with Crippen molar-refractivity contribution in [2.45, 2.75) is 23.8 Å². The average molecular weight is 301 g/mol. The van der Waals surface area contributed by atoms with Crippen molar-refractivity contribution in [3.8, 4) is 0 Å². The van der Waals surface area contributed by atoms with Crippen molar-refractivity contribution in [3.05, 3.63) is 12.4 Å². The molecule has 1 aromatic heterocycles. The van der Waals surface area contributed by atoms with Crippen LogP contribution in [0.3, 0.4) is 0 Å². The number of carbonyl (C=O) groups excluding carboxylic acids is 1. The Hall–Kier alpha value is -1.45. The van der Waals surface area contributed by atoms with E-state index in [1.54, 1.807) is 7.05 Å². The first-order chi connectivity index (χ1) is 9.41. The van der Waals surface area contributed by atoms with E-state index in [0.717, 1.165) is 13.1 Å². The lowest BCUT2D eigenvalue weighted by Crippen LogP contribution is -2.49. The second-order valence-electron chi connectivity index (χ2n) is 4.85. The topological polar surface area (TPSA) is 110 Å². The third kappa shape index (κ3) is 3.17. The quantitative estimate of drug-likeness (QED) is 0.698. The van der Waals surface area contributed by atoms with Gasteiger partial charge in [-0.1, -0.05) is 0 Å². The van der Waals surface area contributed by atoms with Gasteiger partial charge in [-0.15, -0.1) is 0 Å². The fourth-order valence-corrected chi connectivity index (χ4v) is 3.96. The fourth-order valence-electron chi connectivity index (χ4n) is 2.33. The number of aryl methyl sites for hydroxylation is 1. The highest BCUT2D eigenvalue weighted by Crippen LogP contribution is 2.21. The van der Waals surface area contributed by atoms with E-state index in [1.165, 1.54) is 21.4 Å². The average Bonchev–Trinajstić information content (AvgIpc) is 2.84. The highest BCUT2D eigenvalue weighted by Gasteiger charge is 2.34. The van der Waals surface area contributed by atoms with Crippen LogP contribution in [0.25, 0.3) is 0 Å². The van der Waals surface area contributed by atoms with Crippen LogP contribution in [-0.2, 0) is 21.9 Å². The van der Waals surface area contributed by atoms with Crippen molar-refractivity contribution in [2.75, 3.05) is 19.6 Å². The highest BCUT2D eigenvalue weighted by atomic mass is 32.2. The molecule has 3 N–H and O–H groups in total. The third-order valence-corrected chi connectivity index (χ3v) is 5.17. The first-order valence-corrected chi connectivity index (χ1v) is 7.85. The first-order valence-electron chi connectivity index (χ1n) is 6.41. The summed E-state index contributed by atoms with van der Waals surface area (Å²) in [6.07, 6.45) is 4.02. The Morgan fingerprint density at radius 1 is 1.55 bits per heavy atom. The smallest absolute Gasteiger partial charge is 0.246 e. The van der Waals surface area contributed by atoms with Gasteiger partial charge in [0.1, 0.15) is 4.90 Å². The summed E-state index contributed by atoms with van der Waals surface area (Å²) in [7, 11) is -2.11. The largest absolute Gasteiger partial charge is 0.369 e. The predicted octanol–water partition coefficient (Wildman–Crippen LogP) is -1.35. The maximum absolute atomic E-state index is 12.6. The molecule has 1 aliphatic heterocycles. The molecule has 0 spiro atoms. The summed E-state index contributed by atoms with van der Waals surface area (Å²) in [5.41, 5.74) is 5.20.